The molecular formula is C22H15Cl2F4N5O2. The summed E-state index contributed by atoms with van der Waals surface area (Å²) < 4.78 is 59.3. The molecule has 4 rings (SSSR count). The number of benzene rings is 2. The number of halogens is 6. The van der Waals surface area contributed by atoms with Crippen LogP contribution in [0.25, 0.3) is 16.8 Å². The number of carbonyl (C=O) groups excluding carboxylic acids is 1. The second-order valence-corrected chi connectivity index (χ2v) is 8.31. The monoisotopic (exact) mass is 527 g/mol. The van der Waals surface area contributed by atoms with E-state index in [0.29, 0.717) is 17.3 Å². The summed E-state index contributed by atoms with van der Waals surface area (Å²) in [6.45, 7) is -1.39. The molecule has 0 saturated heterocycles. The van der Waals surface area contributed by atoms with E-state index in [9.17, 15) is 23.1 Å². The number of aliphatic hydroxyl groups excluding tert-OH is 1. The van der Waals surface area contributed by atoms with Gasteiger partial charge in [0.05, 0.1) is 22.2 Å². The highest BCUT2D eigenvalue weighted by Gasteiger charge is 2.40. The third-order valence-electron chi connectivity index (χ3n) is 5.13. The smallest absolute Gasteiger partial charge is 0.294 e. The van der Waals surface area contributed by atoms with E-state index in [1.807, 2.05) is 5.32 Å². The van der Waals surface area contributed by atoms with Crippen LogP contribution in [0.2, 0.25) is 10.0 Å². The number of rotatable bonds is 6. The van der Waals surface area contributed by atoms with E-state index >= 15 is 4.39 Å². The summed E-state index contributed by atoms with van der Waals surface area (Å²) in [5.41, 5.74) is 4.98. The molecule has 0 aliphatic carbocycles. The van der Waals surface area contributed by atoms with E-state index in [-0.39, 0.29) is 21.6 Å². The second-order valence-electron chi connectivity index (χ2n) is 7.49. The Morgan fingerprint density at radius 3 is 2.57 bits per heavy atom. The van der Waals surface area contributed by atoms with Crippen LogP contribution in [0.15, 0.2) is 48.7 Å². The van der Waals surface area contributed by atoms with Crippen molar-refractivity contribution in [3.8, 4) is 11.1 Å². The molecule has 4 aromatic rings. The van der Waals surface area contributed by atoms with E-state index in [4.69, 9.17) is 28.9 Å². The number of aliphatic hydroxyl groups is 1. The molecular weight excluding hydrogens is 513 g/mol. The van der Waals surface area contributed by atoms with E-state index in [1.54, 1.807) is 0 Å². The highest BCUT2D eigenvalue weighted by atomic mass is 35.5. The first-order chi connectivity index (χ1) is 16.5. The van der Waals surface area contributed by atoms with Crippen LogP contribution in [-0.2, 0) is 0 Å². The Hall–Kier alpha value is -3.41. The normalized spacial score (nSPS) is 12.7. The third-order valence-corrected chi connectivity index (χ3v) is 5.75. The van der Waals surface area contributed by atoms with Gasteiger partial charge in [-0.3, -0.25) is 4.79 Å². The lowest BCUT2D eigenvalue weighted by Gasteiger charge is -2.23. The predicted molar refractivity (Wildman–Crippen MR) is 121 cm³/mol. The van der Waals surface area contributed by atoms with E-state index in [2.05, 4.69) is 10.1 Å². The Kier molecular flexibility index (Phi) is 6.58. The first-order valence-electron chi connectivity index (χ1n) is 9.87. The molecule has 4 N–H and O–H groups in total. The van der Waals surface area contributed by atoms with Crippen molar-refractivity contribution >= 4 is 40.7 Å². The summed E-state index contributed by atoms with van der Waals surface area (Å²) in [5.74, 6) is -7.23. The highest BCUT2D eigenvalue weighted by molar-refractivity contribution is 6.34. The van der Waals surface area contributed by atoms with Crippen LogP contribution in [0.4, 0.5) is 23.5 Å². The molecule has 0 radical (unpaired) electrons. The molecule has 0 fully saturated rings. The molecule has 0 aliphatic rings. The Labute approximate surface area is 205 Å². The number of aromatic nitrogens is 3. The molecule has 1 atom stereocenters. The summed E-state index contributed by atoms with van der Waals surface area (Å²) >= 11 is 11.5. The summed E-state index contributed by atoms with van der Waals surface area (Å²) in [5, 5.41) is 15.2. The Morgan fingerprint density at radius 2 is 1.86 bits per heavy atom. The van der Waals surface area contributed by atoms with Crippen LogP contribution < -0.4 is 11.1 Å². The van der Waals surface area contributed by atoms with Crippen LogP contribution >= 0.6 is 23.2 Å². The van der Waals surface area contributed by atoms with Crippen LogP contribution in [0, 0.1) is 11.6 Å². The van der Waals surface area contributed by atoms with Gasteiger partial charge in [0.25, 0.3) is 11.8 Å². The maximum Gasteiger partial charge on any atom is 0.294 e. The minimum atomic E-state index is -3.94. The largest absolute Gasteiger partial charge is 0.382 e. The molecule has 1 amide bonds. The number of nitrogens with zero attached hydrogens (tertiary/aromatic N) is 3. The molecule has 35 heavy (non-hydrogen) atoms. The van der Waals surface area contributed by atoms with E-state index in [0.717, 1.165) is 12.1 Å². The van der Waals surface area contributed by atoms with Gasteiger partial charge in [-0.15, -0.1) is 5.10 Å². The molecule has 0 spiro atoms. The molecule has 2 heterocycles. The lowest BCUT2D eigenvalue weighted by molar-refractivity contribution is -0.106. The molecule has 2 aromatic heterocycles. The SMILES string of the molecule is Nc1nc2cc(-c3ccc(Cl)c(C(=O)NCC(F)(F)[C@@H](O)c4ccc(Cl)c(F)c4)c3F)ccn2n1. The number of nitrogens with one attached hydrogen (secondary N) is 1. The molecule has 182 valence electrons. The molecule has 7 nitrogen and oxygen atoms in total. The summed E-state index contributed by atoms with van der Waals surface area (Å²) in [7, 11) is 0. The molecule has 2 aromatic carbocycles. The lowest BCUT2D eigenvalue weighted by Crippen LogP contribution is -2.41. The van der Waals surface area contributed by atoms with Crippen molar-refractivity contribution in [3.63, 3.8) is 0 Å². The van der Waals surface area contributed by atoms with Crippen molar-refractivity contribution in [1.29, 1.82) is 0 Å². The Bertz CT molecular complexity index is 1450. The van der Waals surface area contributed by atoms with Crippen molar-refractivity contribution in [3.05, 3.63) is 81.5 Å². The van der Waals surface area contributed by atoms with Crippen LogP contribution in [0.3, 0.4) is 0 Å². The number of hydrogen-bond donors (Lipinski definition) is 3. The highest BCUT2D eigenvalue weighted by Crippen LogP contribution is 2.33. The van der Waals surface area contributed by atoms with Gasteiger partial charge in [0.1, 0.15) is 17.7 Å². The average molecular weight is 528 g/mol. The number of fused-ring (bicyclic) bond motifs is 1. The topological polar surface area (TPSA) is 106 Å². The fourth-order valence-electron chi connectivity index (χ4n) is 3.36. The van der Waals surface area contributed by atoms with Crippen LogP contribution in [0.1, 0.15) is 22.0 Å². The lowest BCUT2D eigenvalue weighted by atomic mass is 10.0. The fourth-order valence-corrected chi connectivity index (χ4v) is 3.71. The van der Waals surface area contributed by atoms with Gasteiger partial charge in [-0.05, 0) is 47.5 Å². The number of amides is 1. The zero-order valence-electron chi connectivity index (χ0n) is 17.4. The fraction of sp³-hybridized carbons (Fsp3) is 0.136. The Balaban J connectivity index is 1.57. The average Bonchev–Trinajstić information content (AvgIpc) is 3.18. The molecule has 13 heteroatoms. The Morgan fingerprint density at radius 1 is 1.14 bits per heavy atom. The number of alkyl halides is 2. The standard InChI is InChI=1S/C22H15Cl2F4N5O2/c23-13-3-1-11(7-15(13)25)19(34)22(27,28)9-30-20(35)17-14(24)4-2-12(18(17)26)10-5-6-33-16(8-10)31-21(29)32-33/h1-8,19,34H,9H2,(H2,29,32)(H,30,35)/t19-/m0/s1. The minimum absolute atomic E-state index is 0.00301. The maximum absolute atomic E-state index is 15.3. The van der Waals surface area contributed by atoms with Gasteiger partial charge in [-0.1, -0.05) is 29.3 Å². The van der Waals surface area contributed by atoms with Crippen LogP contribution in [0.5, 0.6) is 0 Å². The van der Waals surface area contributed by atoms with Gasteiger partial charge in [-0.2, -0.15) is 4.98 Å². The van der Waals surface area contributed by atoms with Crippen molar-refractivity contribution in [2.45, 2.75) is 12.0 Å². The molecule has 0 aliphatic heterocycles. The van der Waals surface area contributed by atoms with Crippen molar-refractivity contribution < 1.29 is 27.5 Å². The quantitative estimate of drug-likeness (QED) is 0.316. The van der Waals surface area contributed by atoms with Crippen LogP contribution in [-0.4, -0.2) is 38.1 Å². The van der Waals surface area contributed by atoms with Crippen molar-refractivity contribution in [2.24, 2.45) is 0 Å². The third kappa shape index (κ3) is 4.88. The summed E-state index contributed by atoms with van der Waals surface area (Å²) in [6, 6.07) is 8.19. The minimum Gasteiger partial charge on any atom is -0.382 e. The first-order valence-corrected chi connectivity index (χ1v) is 10.6. The van der Waals surface area contributed by atoms with Gasteiger partial charge >= 0.3 is 0 Å². The number of anilines is 1. The van der Waals surface area contributed by atoms with Gasteiger partial charge in [0, 0.05) is 11.8 Å². The predicted octanol–water partition coefficient (Wildman–Crippen LogP) is 4.66. The summed E-state index contributed by atoms with van der Waals surface area (Å²) in [4.78, 5) is 16.6. The van der Waals surface area contributed by atoms with Gasteiger partial charge in [0.2, 0.25) is 5.95 Å². The zero-order valence-corrected chi connectivity index (χ0v) is 19.0. The molecule has 0 bridgehead atoms. The van der Waals surface area contributed by atoms with Gasteiger partial charge < -0.3 is 16.2 Å². The number of nitrogens with two attached hydrogens (primary N) is 1. The number of carbonyl (C=O) groups is 1. The van der Waals surface area contributed by atoms with Crippen molar-refractivity contribution in [1.82, 2.24) is 19.9 Å². The van der Waals surface area contributed by atoms with Gasteiger partial charge in [0.15, 0.2) is 5.65 Å². The van der Waals surface area contributed by atoms with Crippen molar-refractivity contribution in [2.75, 3.05) is 12.3 Å². The zero-order chi connectivity index (χ0) is 25.5. The second kappa shape index (κ2) is 9.33. The maximum atomic E-state index is 15.3. The first kappa shape index (κ1) is 24.7. The number of hydrogen-bond acceptors (Lipinski definition) is 5. The molecule has 0 saturated carbocycles. The summed E-state index contributed by atoms with van der Waals surface area (Å²) in [6.07, 6.45) is -0.993. The molecule has 0 unspecified atom stereocenters. The number of pyridine rings is 1. The number of nitrogen functional groups attached to an aromatic ring is 1. The van der Waals surface area contributed by atoms with Gasteiger partial charge in [-0.25, -0.2) is 22.1 Å². The van der Waals surface area contributed by atoms with E-state index in [1.165, 1.54) is 35.0 Å². The van der Waals surface area contributed by atoms with E-state index < -0.39 is 47.2 Å².